The molecule has 1 aliphatic rings. The van der Waals surface area contributed by atoms with Gasteiger partial charge in [-0.05, 0) is 49.6 Å². The number of benzene rings is 2. The molecule has 10 heteroatoms. The average molecular weight is 494 g/mol. The lowest BCUT2D eigenvalue weighted by molar-refractivity contribution is -0.120. The summed E-state index contributed by atoms with van der Waals surface area (Å²) in [5.41, 5.74) is 1.05. The van der Waals surface area contributed by atoms with Crippen LogP contribution in [0.2, 0.25) is 0 Å². The fourth-order valence-corrected chi connectivity index (χ4v) is 7.17. The lowest BCUT2D eigenvalue weighted by atomic mass is 10.0. The van der Waals surface area contributed by atoms with Gasteiger partial charge in [-0.15, -0.1) is 0 Å². The van der Waals surface area contributed by atoms with E-state index >= 15 is 0 Å². The van der Waals surface area contributed by atoms with E-state index in [-0.39, 0.29) is 16.3 Å². The zero-order valence-electron chi connectivity index (χ0n) is 19.2. The molecule has 0 spiro atoms. The highest BCUT2D eigenvalue weighted by molar-refractivity contribution is 7.89. The fraction of sp³-hybridized carbons (Fsp3) is 0.435. The molecular weight excluding hydrogens is 462 g/mol. The van der Waals surface area contributed by atoms with Crippen molar-refractivity contribution < 1.29 is 21.6 Å². The first-order chi connectivity index (χ1) is 15.6. The van der Waals surface area contributed by atoms with Gasteiger partial charge in [-0.3, -0.25) is 4.79 Å². The van der Waals surface area contributed by atoms with Crippen LogP contribution in [0.5, 0.6) is 0 Å². The molecular formula is C23H31N3O5S2. The quantitative estimate of drug-likeness (QED) is 0.608. The summed E-state index contributed by atoms with van der Waals surface area (Å²) < 4.78 is 54.8. The number of carbonyl (C=O) groups is 1. The number of amides is 1. The smallest absolute Gasteiger partial charge is 0.243 e. The largest absolute Gasteiger partial charge is 0.324 e. The molecule has 8 nitrogen and oxygen atoms in total. The number of carbonyl (C=O) groups excluding carboxylic acids is 1. The van der Waals surface area contributed by atoms with Crippen LogP contribution in [0, 0.1) is 6.92 Å². The van der Waals surface area contributed by atoms with Crippen LogP contribution in [0.4, 0.5) is 5.69 Å². The molecule has 1 aliphatic heterocycles. The number of anilines is 1. The third-order valence-corrected chi connectivity index (χ3v) is 9.88. The highest BCUT2D eigenvalue weighted by atomic mass is 32.2. The van der Waals surface area contributed by atoms with E-state index in [0.717, 1.165) is 6.42 Å². The van der Waals surface area contributed by atoms with Crippen molar-refractivity contribution in [3.05, 3.63) is 54.1 Å². The maximum Gasteiger partial charge on any atom is 0.243 e. The van der Waals surface area contributed by atoms with Gasteiger partial charge in [0.15, 0.2) is 0 Å². The Balaban J connectivity index is 1.90. The van der Waals surface area contributed by atoms with E-state index in [4.69, 9.17) is 0 Å². The Morgan fingerprint density at radius 3 is 2.30 bits per heavy atom. The second kappa shape index (κ2) is 10.3. The Bertz CT molecular complexity index is 1190. The molecule has 1 atom stereocenters. The van der Waals surface area contributed by atoms with E-state index < -0.39 is 32.0 Å². The summed E-state index contributed by atoms with van der Waals surface area (Å²) in [4.78, 5) is 13.5. The molecule has 1 amide bonds. The van der Waals surface area contributed by atoms with Crippen LogP contribution in [-0.4, -0.2) is 57.0 Å². The van der Waals surface area contributed by atoms with Crippen LogP contribution >= 0.6 is 0 Å². The second-order valence-corrected chi connectivity index (χ2v) is 11.8. The molecule has 0 aliphatic carbocycles. The summed E-state index contributed by atoms with van der Waals surface area (Å²) in [5, 5.41) is 2.79. The molecule has 180 valence electrons. The zero-order valence-corrected chi connectivity index (χ0v) is 20.8. The van der Waals surface area contributed by atoms with Crippen molar-refractivity contribution in [3.63, 3.8) is 0 Å². The molecule has 2 aromatic rings. The van der Waals surface area contributed by atoms with Crippen molar-refractivity contribution in [2.75, 3.05) is 25.0 Å². The number of hydrogen-bond acceptors (Lipinski definition) is 5. The van der Waals surface area contributed by atoms with Gasteiger partial charge in [0, 0.05) is 25.3 Å². The molecule has 3 rings (SSSR count). The molecule has 1 unspecified atom stereocenters. The van der Waals surface area contributed by atoms with Gasteiger partial charge in [0.25, 0.3) is 0 Å². The lowest BCUT2D eigenvalue weighted by Crippen LogP contribution is -2.49. The van der Waals surface area contributed by atoms with Gasteiger partial charge in [0.2, 0.25) is 26.0 Å². The molecule has 33 heavy (non-hydrogen) atoms. The molecule has 0 saturated carbocycles. The summed E-state index contributed by atoms with van der Waals surface area (Å²) in [5.74, 6) is -0.463. The summed E-state index contributed by atoms with van der Waals surface area (Å²) in [6, 6.07) is 11.8. The molecule has 0 bridgehead atoms. The van der Waals surface area contributed by atoms with Gasteiger partial charge in [-0.25, -0.2) is 16.8 Å². The van der Waals surface area contributed by atoms with E-state index in [1.807, 2.05) is 0 Å². The first-order valence-corrected chi connectivity index (χ1v) is 14.0. The summed E-state index contributed by atoms with van der Waals surface area (Å²) >= 11 is 0. The third-order valence-electron chi connectivity index (χ3n) is 5.92. The average Bonchev–Trinajstić information content (AvgIpc) is 2.81. The number of piperidine rings is 1. The number of sulfonamides is 2. The molecule has 2 aromatic carbocycles. The highest BCUT2D eigenvalue weighted by Crippen LogP contribution is 2.28. The standard InChI is InChI=1S/C23H31N3O5S2/c1-4-25(5-2)32(28,29)20-15-14-18(3)21(17-20)24-23(27)22-13-9-10-16-26(22)33(30,31)19-11-7-6-8-12-19/h6-8,11-12,14-15,17,22H,4-5,9-10,13,16H2,1-3H3,(H,24,27). The minimum absolute atomic E-state index is 0.0875. The zero-order chi connectivity index (χ0) is 24.2. The van der Waals surface area contributed by atoms with Crippen LogP contribution in [-0.2, 0) is 24.8 Å². The fourth-order valence-electron chi connectivity index (χ4n) is 4.01. The first-order valence-electron chi connectivity index (χ1n) is 11.1. The van der Waals surface area contributed by atoms with Crippen LogP contribution < -0.4 is 5.32 Å². The first kappa shape index (κ1) is 25.4. The molecule has 1 saturated heterocycles. The summed E-state index contributed by atoms with van der Waals surface area (Å²) in [6.07, 6.45) is 1.80. The number of aryl methyl sites for hydroxylation is 1. The van der Waals surface area contributed by atoms with Crippen LogP contribution in [0.1, 0.15) is 38.7 Å². The number of nitrogens with zero attached hydrogens (tertiary/aromatic N) is 2. The maximum absolute atomic E-state index is 13.2. The van der Waals surface area contributed by atoms with Gasteiger partial charge in [-0.1, -0.05) is 44.5 Å². The molecule has 0 aromatic heterocycles. The van der Waals surface area contributed by atoms with E-state index in [1.54, 1.807) is 45.0 Å². The topological polar surface area (TPSA) is 104 Å². The molecule has 1 heterocycles. The lowest BCUT2D eigenvalue weighted by Gasteiger charge is -2.33. The van der Waals surface area contributed by atoms with Crippen molar-refractivity contribution in [1.29, 1.82) is 0 Å². The van der Waals surface area contributed by atoms with Gasteiger partial charge < -0.3 is 5.32 Å². The van der Waals surface area contributed by atoms with Gasteiger partial charge in [0.05, 0.1) is 9.79 Å². The minimum atomic E-state index is -3.84. The predicted octanol–water partition coefficient (Wildman–Crippen LogP) is 3.21. The predicted molar refractivity (Wildman–Crippen MR) is 128 cm³/mol. The van der Waals surface area contributed by atoms with Crippen molar-refractivity contribution in [3.8, 4) is 0 Å². The van der Waals surface area contributed by atoms with Gasteiger partial charge >= 0.3 is 0 Å². The normalized spacial score (nSPS) is 17.8. The van der Waals surface area contributed by atoms with Crippen molar-refractivity contribution in [2.45, 2.75) is 55.9 Å². The Labute approximate surface area is 196 Å². The number of nitrogens with one attached hydrogen (secondary N) is 1. The summed E-state index contributed by atoms with van der Waals surface area (Å²) in [7, 11) is -7.53. The van der Waals surface area contributed by atoms with Crippen LogP contribution in [0.25, 0.3) is 0 Å². The maximum atomic E-state index is 13.2. The Morgan fingerprint density at radius 2 is 1.67 bits per heavy atom. The van der Waals surface area contributed by atoms with E-state index in [2.05, 4.69) is 5.32 Å². The van der Waals surface area contributed by atoms with Crippen molar-refractivity contribution >= 4 is 31.6 Å². The van der Waals surface area contributed by atoms with E-state index in [9.17, 15) is 21.6 Å². The van der Waals surface area contributed by atoms with E-state index in [0.29, 0.717) is 37.2 Å². The van der Waals surface area contributed by atoms with Crippen molar-refractivity contribution in [1.82, 2.24) is 8.61 Å². The van der Waals surface area contributed by atoms with Crippen LogP contribution in [0.15, 0.2) is 58.3 Å². The SMILES string of the molecule is CCN(CC)S(=O)(=O)c1ccc(C)c(NC(=O)C2CCCCN2S(=O)(=O)c2ccccc2)c1. The highest BCUT2D eigenvalue weighted by Gasteiger charge is 2.37. The molecule has 1 N–H and O–H groups in total. The molecule has 1 fully saturated rings. The van der Waals surface area contributed by atoms with Gasteiger partial charge in [-0.2, -0.15) is 8.61 Å². The second-order valence-electron chi connectivity index (χ2n) is 8.00. The minimum Gasteiger partial charge on any atom is -0.324 e. The van der Waals surface area contributed by atoms with Gasteiger partial charge in [0.1, 0.15) is 6.04 Å². The Kier molecular flexibility index (Phi) is 7.94. The van der Waals surface area contributed by atoms with E-state index in [1.165, 1.54) is 32.9 Å². The Hall–Kier alpha value is -2.27. The monoisotopic (exact) mass is 493 g/mol. The van der Waals surface area contributed by atoms with Crippen LogP contribution in [0.3, 0.4) is 0 Å². The Morgan fingerprint density at radius 1 is 1.00 bits per heavy atom. The summed E-state index contributed by atoms with van der Waals surface area (Å²) in [6.45, 7) is 6.23. The number of rotatable bonds is 8. The third kappa shape index (κ3) is 5.29. The molecule has 0 radical (unpaired) electrons. The van der Waals surface area contributed by atoms with Crippen molar-refractivity contribution in [2.24, 2.45) is 0 Å². The number of hydrogen-bond donors (Lipinski definition) is 1.